The second-order valence-electron chi connectivity index (χ2n) is 6.27. The third-order valence-electron chi connectivity index (χ3n) is 4.26. The van der Waals surface area contributed by atoms with Gasteiger partial charge in [0.05, 0.1) is 12.3 Å². The lowest BCUT2D eigenvalue weighted by Gasteiger charge is -2.20. The minimum atomic E-state index is -0.508. The Morgan fingerprint density at radius 1 is 0.964 bits per heavy atom. The highest BCUT2D eigenvalue weighted by atomic mass is 35.5. The van der Waals surface area contributed by atoms with E-state index in [1.807, 2.05) is 85.8 Å². The topological polar surface area (TPSA) is 50.4 Å². The van der Waals surface area contributed by atoms with Crippen LogP contribution in [-0.4, -0.2) is 12.5 Å². The molecular formula is C23H23ClN2O2. The van der Waals surface area contributed by atoms with Crippen molar-refractivity contribution in [3.63, 3.8) is 0 Å². The van der Waals surface area contributed by atoms with Gasteiger partial charge in [-0.05, 0) is 42.3 Å². The number of carbonyl (C=O) groups excluding carboxylic acids is 1. The van der Waals surface area contributed by atoms with Crippen molar-refractivity contribution in [2.45, 2.75) is 19.5 Å². The van der Waals surface area contributed by atoms with Gasteiger partial charge in [-0.1, -0.05) is 66.2 Å². The van der Waals surface area contributed by atoms with Crippen molar-refractivity contribution in [2.75, 3.05) is 11.9 Å². The monoisotopic (exact) mass is 394 g/mol. The minimum Gasteiger partial charge on any atom is -0.492 e. The summed E-state index contributed by atoms with van der Waals surface area (Å²) < 4.78 is 5.62. The number of benzene rings is 3. The molecule has 3 aromatic rings. The zero-order valence-corrected chi connectivity index (χ0v) is 16.4. The number of para-hydroxylation sites is 2. The van der Waals surface area contributed by atoms with Crippen molar-refractivity contribution in [1.82, 2.24) is 5.32 Å². The van der Waals surface area contributed by atoms with Gasteiger partial charge in [-0.3, -0.25) is 10.1 Å². The predicted octanol–water partition coefficient (Wildman–Crippen LogP) is 5.21. The van der Waals surface area contributed by atoms with Crippen molar-refractivity contribution in [2.24, 2.45) is 0 Å². The van der Waals surface area contributed by atoms with Gasteiger partial charge in [-0.15, -0.1) is 0 Å². The van der Waals surface area contributed by atoms with Crippen LogP contribution in [0.15, 0.2) is 78.9 Å². The molecule has 3 aromatic carbocycles. The van der Waals surface area contributed by atoms with E-state index in [9.17, 15) is 4.79 Å². The van der Waals surface area contributed by atoms with E-state index in [1.165, 1.54) is 0 Å². The molecule has 144 valence electrons. The smallest absolute Gasteiger partial charge is 0.246 e. The van der Waals surface area contributed by atoms with Crippen LogP contribution in [0.3, 0.4) is 0 Å². The summed E-state index contributed by atoms with van der Waals surface area (Å²) in [6.07, 6.45) is 0. The largest absolute Gasteiger partial charge is 0.492 e. The predicted molar refractivity (Wildman–Crippen MR) is 114 cm³/mol. The molecule has 0 aromatic heterocycles. The normalized spacial score (nSPS) is 11.6. The summed E-state index contributed by atoms with van der Waals surface area (Å²) in [5.41, 5.74) is 2.60. The molecule has 4 nitrogen and oxygen atoms in total. The molecule has 0 fully saturated rings. The van der Waals surface area contributed by atoms with Crippen LogP contribution in [0.25, 0.3) is 0 Å². The highest BCUT2D eigenvalue weighted by molar-refractivity contribution is 6.30. The van der Waals surface area contributed by atoms with Gasteiger partial charge in [0.1, 0.15) is 11.8 Å². The second-order valence-corrected chi connectivity index (χ2v) is 6.71. The number of nitrogens with one attached hydrogen (secondary N) is 2. The quantitative estimate of drug-likeness (QED) is 0.551. The maximum absolute atomic E-state index is 13.1. The molecule has 0 aliphatic rings. The van der Waals surface area contributed by atoms with Gasteiger partial charge in [0.25, 0.3) is 0 Å². The van der Waals surface area contributed by atoms with Crippen molar-refractivity contribution in [3.05, 3.63) is 95.0 Å². The average Bonchev–Trinajstić information content (AvgIpc) is 2.72. The first-order valence-electron chi connectivity index (χ1n) is 9.23. The maximum atomic E-state index is 13.1. The number of carbonyl (C=O) groups is 1. The zero-order chi connectivity index (χ0) is 19.8. The number of hydrogen-bond acceptors (Lipinski definition) is 3. The summed E-state index contributed by atoms with van der Waals surface area (Å²) in [5.74, 6) is 0.509. The molecule has 0 heterocycles. The Hall–Kier alpha value is -2.82. The number of halogens is 1. The Kier molecular flexibility index (Phi) is 7.06. The minimum absolute atomic E-state index is 0.146. The van der Waals surface area contributed by atoms with Crippen molar-refractivity contribution >= 4 is 23.2 Å². The molecule has 3 rings (SSSR count). The van der Waals surface area contributed by atoms with E-state index in [-0.39, 0.29) is 5.91 Å². The van der Waals surface area contributed by atoms with Gasteiger partial charge < -0.3 is 10.1 Å². The molecule has 0 aliphatic heterocycles. The van der Waals surface area contributed by atoms with Crippen molar-refractivity contribution in [1.29, 1.82) is 0 Å². The fraction of sp³-hybridized carbons (Fsp3) is 0.174. The molecule has 0 unspecified atom stereocenters. The molecule has 0 aliphatic carbocycles. The summed E-state index contributed by atoms with van der Waals surface area (Å²) in [6, 6.07) is 24.2. The van der Waals surface area contributed by atoms with Gasteiger partial charge in [0.15, 0.2) is 0 Å². The van der Waals surface area contributed by atoms with Gasteiger partial charge >= 0.3 is 0 Å². The first-order chi connectivity index (χ1) is 13.7. The Morgan fingerprint density at radius 2 is 1.64 bits per heavy atom. The molecule has 28 heavy (non-hydrogen) atoms. The SMILES string of the molecule is CCOc1ccccc1NC(=O)[C@H](NCc1ccc(Cl)cc1)c1ccccc1. The van der Waals surface area contributed by atoms with Gasteiger partial charge in [-0.25, -0.2) is 0 Å². The van der Waals surface area contributed by atoms with Crippen LogP contribution >= 0.6 is 11.6 Å². The summed E-state index contributed by atoms with van der Waals surface area (Å²) in [7, 11) is 0. The van der Waals surface area contributed by atoms with Crippen LogP contribution in [0, 0.1) is 0 Å². The number of hydrogen-bond donors (Lipinski definition) is 2. The maximum Gasteiger partial charge on any atom is 0.246 e. The molecule has 0 saturated heterocycles. The fourth-order valence-electron chi connectivity index (χ4n) is 2.89. The van der Waals surface area contributed by atoms with Gasteiger partial charge in [0.2, 0.25) is 5.91 Å². The van der Waals surface area contributed by atoms with Crippen LogP contribution in [0.1, 0.15) is 24.1 Å². The molecule has 2 N–H and O–H groups in total. The molecule has 0 bridgehead atoms. The molecule has 1 amide bonds. The Balaban J connectivity index is 1.78. The van der Waals surface area contributed by atoms with Gasteiger partial charge in [0, 0.05) is 11.6 Å². The third-order valence-corrected chi connectivity index (χ3v) is 4.52. The zero-order valence-electron chi connectivity index (χ0n) is 15.7. The molecule has 1 atom stereocenters. The Morgan fingerprint density at radius 3 is 2.36 bits per heavy atom. The Bertz CT molecular complexity index is 898. The average molecular weight is 395 g/mol. The van der Waals surface area contributed by atoms with Crippen molar-refractivity contribution in [3.8, 4) is 5.75 Å². The van der Waals surface area contributed by atoms with E-state index in [0.29, 0.717) is 29.6 Å². The standard InChI is InChI=1S/C23H23ClN2O2/c1-2-28-21-11-7-6-10-20(21)26-23(27)22(18-8-4-3-5-9-18)25-16-17-12-14-19(24)15-13-17/h3-15,22,25H,2,16H2,1H3,(H,26,27)/t22-/m1/s1. The molecule has 0 saturated carbocycles. The van der Waals surface area contributed by atoms with Gasteiger partial charge in [-0.2, -0.15) is 0 Å². The fourth-order valence-corrected chi connectivity index (χ4v) is 3.01. The van der Waals surface area contributed by atoms with E-state index >= 15 is 0 Å². The molecule has 0 radical (unpaired) electrons. The first-order valence-corrected chi connectivity index (χ1v) is 9.60. The Labute approximate surface area is 170 Å². The lowest BCUT2D eigenvalue weighted by Crippen LogP contribution is -2.32. The third kappa shape index (κ3) is 5.35. The summed E-state index contributed by atoms with van der Waals surface area (Å²) in [5, 5.41) is 7.03. The second kappa shape index (κ2) is 9.93. The van der Waals surface area contributed by atoms with E-state index in [0.717, 1.165) is 11.1 Å². The molecule has 5 heteroatoms. The van der Waals surface area contributed by atoms with Crippen LogP contribution in [0.4, 0.5) is 5.69 Å². The van der Waals surface area contributed by atoms with Crippen LogP contribution < -0.4 is 15.4 Å². The lowest BCUT2D eigenvalue weighted by molar-refractivity contribution is -0.118. The first kappa shape index (κ1) is 19.9. The van der Waals surface area contributed by atoms with E-state index in [2.05, 4.69) is 10.6 Å². The summed E-state index contributed by atoms with van der Waals surface area (Å²) in [6.45, 7) is 2.99. The molecular weight excluding hydrogens is 372 g/mol. The molecule has 0 spiro atoms. The highest BCUT2D eigenvalue weighted by Crippen LogP contribution is 2.25. The van der Waals surface area contributed by atoms with Crippen LogP contribution in [-0.2, 0) is 11.3 Å². The van der Waals surface area contributed by atoms with E-state index in [1.54, 1.807) is 0 Å². The number of amides is 1. The van der Waals surface area contributed by atoms with E-state index < -0.39 is 6.04 Å². The van der Waals surface area contributed by atoms with Crippen molar-refractivity contribution < 1.29 is 9.53 Å². The highest BCUT2D eigenvalue weighted by Gasteiger charge is 2.21. The van der Waals surface area contributed by atoms with E-state index in [4.69, 9.17) is 16.3 Å². The summed E-state index contributed by atoms with van der Waals surface area (Å²) >= 11 is 5.96. The summed E-state index contributed by atoms with van der Waals surface area (Å²) in [4.78, 5) is 13.1. The van der Waals surface area contributed by atoms with Crippen LogP contribution in [0.5, 0.6) is 5.75 Å². The number of ether oxygens (including phenoxy) is 1. The van der Waals surface area contributed by atoms with Crippen LogP contribution in [0.2, 0.25) is 5.02 Å². The lowest BCUT2D eigenvalue weighted by atomic mass is 10.1. The number of anilines is 1. The number of rotatable bonds is 8.